The summed E-state index contributed by atoms with van der Waals surface area (Å²) >= 11 is 0. The van der Waals surface area contributed by atoms with Crippen molar-refractivity contribution in [2.24, 2.45) is 0 Å². The summed E-state index contributed by atoms with van der Waals surface area (Å²) in [5.41, 5.74) is 0.434. The average Bonchev–Trinajstić information content (AvgIpc) is 2.44. The normalized spacial score (nSPS) is 15.2. The maximum absolute atomic E-state index is 11.4. The standard InChI is InChI=1S/C10H15N3O3/c1-7-6-8(14)13(9(7)15)5-4-11-10(16)12(2)3/h6H,4-5H2,1-3H3,(H,11,16). The van der Waals surface area contributed by atoms with Gasteiger partial charge in [0.25, 0.3) is 11.8 Å². The van der Waals surface area contributed by atoms with Crippen LogP contribution in [-0.4, -0.2) is 54.8 Å². The molecule has 16 heavy (non-hydrogen) atoms. The molecule has 0 saturated heterocycles. The third-order valence-corrected chi connectivity index (χ3v) is 2.21. The fourth-order valence-electron chi connectivity index (χ4n) is 1.28. The Morgan fingerprint density at radius 3 is 2.50 bits per heavy atom. The molecule has 0 bridgehead atoms. The van der Waals surface area contributed by atoms with Gasteiger partial charge in [0, 0.05) is 38.8 Å². The highest BCUT2D eigenvalue weighted by Gasteiger charge is 2.27. The van der Waals surface area contributed by atoms with Gasteiger partial charge in [-0.2, -0.15) is 0 Å². The van der Waals surface area contributed by atoms with E-state index >= 15 is 0 Å². The van der Waals surface area contributed by atoms with Crippen LogP contribution in [0, 0.1) is 0 Å². The first kappa shape index (κ1) is 12.2. The fourth-order valence-corrected chi connectivity index (χ4v) is 1.28. The topological polar surface area (TPSA) is 69.7 Å². The molecule has 0 saturated carbocycles. The number of nitrogens with one attached hydrogen (secondary N) is 1. The molecule has 0 fully saturated rings. The molecule has 1 aliphatic rings. The van der Waals surface area contributed by atoms with Crippen molar-refractivity contribution in [3.63, 3.8) is 0 Å². The van der Waals surface area contributed by atoms with E-state index in [1.807, 2.05) is 0 Å². The van der Waals surface area contributed by atoms with Gasteiger partial charge in [0.05, 0.1) is 0 Å². The summed E-state index contributed by atoms with van der Waals surface area (Å²) in [4.78, 5) is 36.4. The predicted octanol–water partition coefficient (Wildman–Crippen LogP) is -0.427. The Hall–Kier alpha value is -1.85. The summed E-state index contributed by atoms with van der Waals surface area (Å²) in [5.74, 6) is -0.606. The van der Waals surface area contributed by atoms with Gasteiger partial charge >= 0.3 is 6.03 Å². The van der Waals surface area contributed by atoms with E-state index in [0.29, 0.717) is 5.57 Å². The van der Waals surface area contributed by atoms with Crippen molar-refractivity contribution in [2.45, 2.75) is 6.92 Å². The molecule has 88 valence electrons. The van der Waals surface area contributed by atoms with Gasteiger partial charge in [-0.15, -0.1) is 0 Å². The maximum Gasteiger partial charge on any atom is 0.316 e. The van der Waals surface area contributed by atoms with Gasteiger partial charge in [-0.3, -0.25) is 14.5 Å². The quantitative estimate of drug-likeness (QED) is 0.663. The summed E-state index contributed by atoms with van der Waals surface area (Å²) in [6.07, 6.45) is 1.30. The van der Waals surface area contributed by atoms with Gasteiger partial charge in [-0.05, 0) is 6.92 Å². The number of amides is 4. The highest BCUT2D eigenvalue weighted by molar-refractivity contribution is 6.15. The largest absolute Gasteiger partial charge is 0.336 e. The number of nitrogens with zero attached hydrogens (tertiary/aromatic N) is 2. The van der Waals surface area contributed by atoms with E-state index in [4.69, 9.17) is 0 Å². The van der Waals surface area contributed by atoms with Crippen LogP contribution in [-0.2, 0) is 9.59 Å². The Morgan fingerprint density at radius 1 is 1.44 bits per heavy atom. The smallest absolute Gasteiger partial charge is 0.316 e. The molecule has 0 unspecified atom stereocenters. The van der Waals surface area contributed by atoms with E-state index in [2.05, 4.69) is 5.32 Å². The lowest BCUT2D eigenvalue weighted by atomic mass is 10.3. The van der Waals surface area contributed by atoms with Crippen LogP contribution >= 0.6 is 0 Å². The third kappa shape index (κ3) is 2.59. The van der Waals surface area contributed by atoms with E-state index in [-0.39, 0.29) is 30.9 Å². The molecule has 0 aliphatic carbocycles. The minimum atomic E-state index is -0.318. The molecule has 0 atom stereocenters. The second-order valence-corrected chi connectivity index (χ2v) is 3.75. The van der Waals surface area contributed by atoms with Gasteiger partial charge in [0.15, 0.2) is 0 Å². The summed E-state index contributed by atoms with van der Waals surface area (Å²) in [5, 5.41) is 2.58. The Labute approximate surface area is 93.9 Å². The van der Waals surface area contributed by atoms with E-state index in [0.717, 1.165) is 4.90 Å². The van der Waals surface area contributed by atoms with Gasteiger partial charge in [0.1, 0.15) is 0 Å². The summed E-state index contributed by atoms with van der Waals surface area (Å²) in [6.45, 7) is 2.05. The lowest BCUT2D eigenvalue weighted by Crippen LogP contribution is -2.41. The summed E-state index contributed by atoms with van der Waals surface area (Å²) in [6, 6.07) is -0.247. The molecule has 0 aromatic carbocycles. The van der Waals surface area contributed by atoms with Crippen molar-refractivity contribution in [3.05, 3.63) is 11.6 Å². The molecule has 1 rings (SSSR count). The lowest BCUT2D eigenvalue weighted by Gasteiger charge is -2.16. The molecular weight excluding hydrogens is 210 g/mol. The third-order valence-electron chi connectivity index (χ3n) is 2.21. The van der Waals surface area contributed by atoms with Crippen molar-refractivity contribution < 1.29 is 14.4 Å². The summed E-state index contributed by atoms with van der Waals surface area (Å²) < 4.78 is 0. The van der Waals surface area contributed by atoms with Gasteiger partial charge in [-0.1, -0.05) is 0 Å². The number of hydrogen-bond acceptors (Lipinski definition) is 3. The van der Waals surface area contributed by atoms with Crippen molar-refractivity contribution in [1.82, 2.24) is 15.1 Å². The maximum atomic E-state index is 11.4. The monoisotopic (exact) mass is 225 g/mol. The highest BCUT2D eigenvalue weighted by atomic mass is 16.2. The van der Waals surface area contributed by atoms with Crippen LogP contribution in [0.15, 0.2) is 11.6 Å². The molecule has 0 aromatic heterocycles. The second kappa shape index (κ2) is 4.78. The molecule has 1 N–H and O–H groups in total. The fraction of sp³-hybridized carbons (Fsp3) is 0.500. The Balaban J connectivity index is 2.38. The molecule has 0 spiro atoms. The number of rotatable bonds is 3. The molecule has 6 nitrogen and oxygen atoms in total. The first-order chi connectivity index (χ1) is 7.43. The number of urea groups is 1. The van der Waals surface area contributed by atoms with Crippen LogP contribution in [0.5, 0.6) is 0 Å². The zero-order chi connectivity index (χ0) is 12.3. The van der Waals surface area contributed by atoms with Crippen molar-refractivity contribution in [2.75, 3.05) is 27.2 Å². The number of carbonyl (C=O) groups excluding carboxylic acids is 3. The van der Waals surface area contributed by atoms with E-state index in [1.54, 1.807) is 21.0 Å². The van der Waals surface area contributed by atoms with Crippen LogP contribution in [0.4, 0.5) is 4.79 Å². The highest BCUT2D eigenvalue weighted by Crippen LogP contribution is 2.10. The molecule has 6 heteroatoms. The van der Waals surface area contributed by atoms with E-state index in [1.165, 1.54) is 11.0 Å². The molecule has 0 radical (unpaired) electrons. The Bertz CT molecular complexity index is 360. The van der Waals surface area contributed by atoms with E-state index < -0.39 is 0 Å². The first-order valence-electron chi connectivity index (χ1n) is 4.92. The summed E-state index contributed by atoms with van der Waals surface area (Å²) in [7, 11) is 3.24. The molecule has 1 aliphatic heterocycles. The lowest BCUT2D eigenvalue weighted by molar-refractivity contribution is -0.137. The van der Waals surface area contributed by atoms with Crippen LogP contribution in [0.1, 0.15) is 6.92 Å². The van der Waals surface area contributed by atoms with Crippen LogP contribution in [0.2, 0.25) is 0 Å². The zero-order valence-electron chi connectivity index (χ0n) is 9.61. The average molecular weight is 225 g/mol. The number of imide groups is 1. The van der Waals surface area contributed by atoms with Crippen molar-refractivity contribution in [3.8, 4) is 0 Å². The van der Waals surface area contributed by atoms with E-state index in [9.17, 15) is 14.4 Å². The first-order valence-corrected chi connectivity index (χ1v) is 4.92. The number of carbonyl (C=O) groups is 3. The minimum Gasteiger partial charge on any atom is -0.336 e. The van der Waals surface area contributed by atoms with Gasteiger partial charge < -0.3 is 10.2 Å². The molecule has 0 aromatic rings. The molecule has 4 amide bonds. The SMILES string of the molecule is CC1=CC(=O)N(CCNC(=O)N(C)C)C1=O. The van der Waals surface area contributed by atoms with Gasteiger partial charge in [0.2, 0.25) is 0 Å². The van der Waals surface area contributed by atoms with Crippen LogP contribution in [0.3, 0.4) is 0 Å². The second-order valence-electron chi connectivity index (χ2n) is 3.75. The molecule has 1 heterocycles. The van der Waals surface area contributed by atoms with Crippen LogP contribution in [0.25, 0.3) is 0 Å². The zero-order valence-corrected chi connectivity index (χ0v) is 9.61. The van der Waals surface area contributed by atoms with Crippen LogP contribution < -0.4 is 5.32 Å². The number of hydrogen-bond donors (Lipinski definition) is 1. The Morgan fingerprint density at radius 2 is 2.06 bits per heavy atom. The van der Waals surface area contributed by atoms with Crippen molar-refractivity contribution >= 4 is 17.8 Å². The molecular formula is C10H15N3O3. The Kier molecular flexibility index (Phi) is 3.65. The van der Waals surface area contributed by atoms with Gasteiger partial charge in [-0.25, -0.2) is 4.79 Å². The minimum absolute atomic E-state index is 0.199. The predicted molar refractivity (Wildman–Crippen MR) is 57.6 cm³/mol. The van der Waals surface area contributed by atoms with Crippen molar-refractivity contribution in [1.29, 1.82) is 0 Å².